The van der Waals surface area contributed by atoms with Crippen LogP contribution in [0, 0.1) is 5.82 Å². The van der Waals surface area contributed by atoms with E-state index in [-0.39, 0.29) is 29.0 Å². The molecule has 1 aliphatic rings. The Morgan fingerprint density at radius 3 is 2.58 bits per heavy atom. The lowest BCUT2D eigenvalue weighted by molar-refractivity contribution is -0.134. The van der Waals surface area contributed by atoms with Gasteiger partial charge in [-0.05, 0) is 24.3 Å². The normalized spacial score (nSPS) is 14.2. The molecule has 0 aliphatic carbocycles. The molecular formula is C18H17ClFN3O3. The minimum absolute atomic E-state index is 0.176. The molecule has 0 unspecified atom stereocenters. The van der Waals surface area contributed by atoms with Crippen molar-refractivity contribution >= 4 is 29.2 Å². The summed E-state index contributed by atoms with van der Waals surface area (Å²) in [4.78, 5) is 31.4. The van der Waals surface area contributed by atoms with Crippen molar-refractivity contribution in [1.82, 2.24) is 9.88 Å². The summed E-state index contributed by atoms with van der Waals surface area (Å²) in [6.07, 6.45) is 1.39. The third-order valence-corrected chi connectivity index (χ3v) is 4.32. The Morgan fingerprint density at radius 2 is 1.88 bits per heavy atom. The molecule has 0 bridgehead atoms. The first-order valence-corrected chi connectivity index (χ1v) is 8.48. The molecule has 1 fully saturated rings. The highest BCUT2D eigenvalue weighted by molar-refractivity contribution is 6.29. The van der Waals surface area contributed by atoms with E-state index in [2.05, 4.69) is 4.98 Å². The number of carbonyl (C=O) groups excluding carboxylic acids is 2. The highest BCUT2D eigenvalue weighted by atomic mass is 35.5. The second kappa shape index (κ2) is 8.14. The highest BCUT2D eigenvalue weighted by Crippen LogP contribution is 2.20. The number of piperazine rings is 1. The Morgan fingerprint density at radius 1 is 1.15 bits per heavy atom. The van der Waals surface area contributed by atoms with Crippen LogP contribution in [0.5, 0.6) is 0 Å². The molecule has 136 valence electrons. The smallest absolute Gasteiger partial charge is 0.338 e. The van der Waals surface area contributed by atoms with E-state index >= 15 is 0 Å². The number of para-hydroxylation sites is 1. The zero-order chi connectivity index (χ0) is 18.5. The maximum Gasteiger partial charge on any atom is 0.338 e. The number of anilines is 1. The number of carbonyl (C=O) groups is 2. The first kappa shape index (κ1) is 18.1. The number of hydrogen-bond acceptors (Lipinski definition) is 5. The first-order chi connectivity index (χ1) is 12.5. The fourth-order valence-corrected chi connectivity index (χ4v) is 2.91. The van der Waals surface area contributed by atoms with Crippen LogP contribution < -0.4 is 4.90 Å². The quantitative estimate of drug-likeness (QED) is 0.604. The summed E-state index contributed by atoms with van der Waals surface area (Å²) < 4.78 is 18.9. The Labute approximate surface area is 155 Å². The van der Waals surface area contributed by atoms with Crippen molar-refractivity contribution < 1.29 is 18.7 Å². The summed E-state index contributed by atoms with van der Waals surface area (Å²) in [7, 11) is 0. The molecule has 2 heterocycles. The van der Waals surface area contributed by atoms with Crippen molar-refractivity contribution in [3.05, 3.63) is 59.1 Å². The summed E-state index contributed by atoms with van der Waals surface area (Å²) in [5, 5.41) is 0.176. The number of rotatable bonds is 4. The molecule has 1 aliphatic heterocycles. The van der Waals surface area contributed by atoms with Gasteiger partial charge in [-0.2, -0.15) is 0 Å². The molecule has 2 aromatic rings. The van der Waals surface area contributed by atoms with Gasteiger partial charge in [0.15, 0.2) is 6.61 Å². The number of halogens is 2. The van der Waals surface area contributed by atoms with Crippen LogP contribution in [0.1, 0.15) is 10.4 Å². The summed E-state index contributed by atoms with van der Waals surface area (Å²) >= 11 is 5.72. The largest absolute Gasteiger partial charge is 0.452 e. The van der Waals surface area contributed by atoms with Crippen molar-refractivity contribution in [2.24, 2.45) is 0 Å². The minimum atomic E-state index is -0.632. The third kappa shape index (κ3) is 4.29. The summed E-state index contributed by atoms with van der Waals surface area (Å²) in [5.41, 5.74) is 0.766. The van der Waals surface area contributed by atoms with E-state index in [9.17, 15) is 14.0 Å². The standard InChI is InChI=1S/C18H17ClFN3O3/c19-16-11-13(5-6-21-16)18(25)26-12-17(24)23-9-7-22(8-10-23)15-4-2-1-3-14(15)20/h1-6,11H,7-10,12H2. The molecule has 0 N–H and O–H groups in total. The molecule has 0 spiro atoms. The van der Waals surface area contributed by atoms with Crippen LogP contribution in [0.15, 0.2) is 42.6 Å². The van der Waals surface area contributed by atoms with Crippen molar-refractivity contribution in [3.8, 4) is 0 Å². The van der Waals surface area contributed by atoms with Crippen molar-refractivity contribution in [2.45, 2.75) is 0 Å². The molecular weight excluding hydrogens is 361 g/mol. The number of nitrogens with zero attached hydrogens (tertiary/aromatic N) is 3. The van der Waals surface area contributed by atoms with Gasteiger partial charge in [0.1, 0.15) is 11.0 Å². The Bertz CT molecular complexity index is 810. The number of pyridine rings is 1. The lowest BCUT2D eigenvalue weighted by atomic mass is 10.2. The number of aromatic nitrogens is 1. The molecule has 3 rings (SSSR count). The topological polar surface area (TPSA) is 62.7 Å². The zero-order valence-corrected chi connectivity index (χ0v) is 14.7. The van der Waals surface area contributed by atoms with Crippen LogP contribution in [-0.2, 0) is 9.53 Å². The fraction of sp³-hybridized carbons (Fsp3) is 0.278. The van der Waals surface area contributed by atoms with Gasteiger partial charge in [0.05, 0.1) is 11.3 Å². The maximum atomic E-state index is 13.8. The lowest BCUT2D eigenvalue weighted by Crippen LogP contribution is -2.50. The van der Waals surface area contributed by atoms with E-state index in [1.807, 2.05) is 4.90 Å². The molecule has 1 saturated heterocycles. The third-order valence-electron chi connectivity index (χ3n) is 4.11. The van der Waals surface area contributed by atoms with Crippen LogP contribution in [0.4, 0.5) is 10.1 Å². The summed E-state index contributed by atoms with van der Waals surface area (Å²) in [6.45, 7) is 1.55. The van der Waals surface area contributed by atoms with Crippen LogP contribution in [0.25, 0.3) is 0 Å². The second-order valence-corrected chi connectivity index (χ2v) is 6.15. The van der Waals surface area contributed by atoms with Crippen molar-refractivity contribution in [3.63, 3.8) is 0 Å². The van der Waals surface area contributed by atoms with Crippen LogP contribution in [0.3, 0.4) is 0 Å². The van der Waals surface area contributed by atoms with Gasteiger partial charge in [-0.25, -0.2) is 14.2 Å². The van der Waals surface area contributed by atoms with Gasteiger partial charge >= 0.3 is 5.97 Å². The van der Waals surface area contributed by atoms with Crippen molar-refractivity contribution in [2.75, 3.05) is 37.7 Å². The van der Waals surface area contributed by atoms with Gasteiger partial charge in [0.2, 0.25) is 0 Å². The first-order valence-electron chi connectivity index (χ1n) is 8.10. The van der Waals surface area contributed by atoms with E-state index in [0.29, 0.717) is 31.9 Å². The molecule has 0 radical (unpaired) electrons. The van der Waals surface area contributed by atoms with Gasteiger partial charge in [0.25, 0.3) is 5.91 Å². The Kier molecular flexibility index (Phi) is 5.68. The molecule has 0 saturated carbocycles. The maximum absolute atomic E-state index is 13.8. The fourth-order valence-electron chi connectivity index (χ4n) is 2.74. The molecule has 1 aromatic carbocycles. The number of amides is 1. The SMILES string of the molecule is O=C(OCC(=O)N1CCN(c2ccccc2F)CC1)c1ccnc(Cl)c1. The number of benzene rings is 1. The number of esters is 1. The Hall–Kier alpha value is -2.67. The van der Waals surface area contributed by atoms with Crippen LogP contribution in [-0.4, -0.2) is 54.5 Å². The van der Waals surface area contributed by atoms with E-state index in [4.69, 9.17) is 16.3 Å². The zero-order valence-electron chi connectivity index (χ0n) is 13.9. The minimum Gasteiger partial charge on any atom is -0.452 e. The average molecular weight is 378 g/mol. The predicted molar refractivity (Wildman–Crippen MR) is 94.7 cm³/mol. The second-order valence-electron chi connectivity index (χ2n) is 5.76. The highest BCUT2D eigenvalue weighted by Gasteiger charge is 2.23. The molecule has 26 heavy (non-hydrogen) atoms. The van der Waals surface area contributed by atoms with E-state index in [0.717, 1.165) is 0 Å². The summed E-state index contributed by atoms with van der Waals surface area (Å²) in [6, 6.07) is 9.39. The van der Waals surface area contributed by atoms with E-state index in [1.54, 1.807) is 23.1 Å². The predicted octanol–water partition coefficient (Wildman–Crippen LogP) is 2.38. The average Bonchev–Trinajstić information content (AvgIpc) is 2.66. The molecule has 1 amide bonds. The number of ether oxygens (including phenoxy) is 1. The van der Waals surface area contributed by atoms with E-state index in [1.165, 1.54) is 24.4 Å². The Balaban J connectivity index is 1.49. The number of hydrogen-bond donors (Lipinski definition) is 0. The van der Waals surface area contributed by atoms with Gasteiger partial charge in [0, 0.05) is 32.4 Å². The molecule has 6 nitrogen and oxygen atoms in total. The van der Waals surface area contributed by atoms with Crippen LogP contribution in [0.2, 0.25) is 5.15 Å². The molecule has 1 aromatic heterocycles. The summed E-state index contributed by atoms with van der Waals surface area (Å²) in [5.74, 6) is -1.20. The molecule has 8 heteroatoms. The van der Waals surface area contributed by atoms with Gasteiger partial charge in [-0.3, -0.25) is 4.79 Å². The van der Waals surface area contributed by atoms with Gasteiger partial charge in [-0.1, -0.05) is 23.7 Å². The van der Waals surface area contributed by atoms with Crippen LogP contribution >= 0.6 is 11.6 Å². The van der Waals surface area contributed by atoms with Gasteiger partial charge < -0.3 is 14.5 Å². The molecule has 0 atom stereocenters. The van der Waals surface area contributed by atoms with Gasteiger partial charge in [-0.15, -0.1) is 0 Å². The monoisotopic (exact) mass is 377 g/mol. The van der Waals surface area contributed by atoms with E-state index < -0.39 is 5.97 Å². The lowest BCUT2D eigenvalue weighted by Gasteiger charge is -2.36. The van der Waals surface area contributed by atoms with Crippen molar-refractivity contribution in [1.29, 1.82) is 0 Å².